The summed E-state index contributed by atoms with van der Waals surface area (Å²) in [6.07, 6.45) is 1.22. The van der Waals surface area contributed by atoms with Gasteiger partial charge in [0.15, 0.2) is 0 Å². The van der Waals surface area contributed by atoms with E-state index < -0.39 is 0 Å². The van der Waals surface area contributed by atoms with Crippen LogP contribution in [0.5, 0.6) is 0 Å². The molecular formula is C13H30N2. The molecule has 0 amide bonds. The molecule has 92 valence electrons. The first-order valence-electron chi connectivity index (χ1n) is 6.37. The molecule has 15 heavy (non-hydrogen) atoms. The van der Waals surface area contributed by atoms with Gasteiger partial charge >= 0.3 is 0 Å². The molecule has 0 fully saturated rings. The number of rotatable bonds is 8. The van der Waals surface area contributed by atoms with E-state index in [-0.39, 0.29) is 0 Å². The van der Waals surface area contributed by atoms with Gasteiger partial charge in [0.1, 0.15) is 0 Å². The Bertz CT molecular complexity index is 153. The highest BCUT2D eigenvalue weighted by Crippen LogP contribution is 2.17. The van der Waals surface area contributed by atoms with E-state index in [1.54, 1.807) is 0 Å². The smallest absolute Gasteiger partial charge is 0.00474 e. The summed E-state index contributed by atoms with van der Waals surface area (Å²) in [4.78, 5) is 2.54. The fourth-order valence-corrected chi connectivity index (χ4v) is 1.87. The van der Waals surface area contributed by atoms with E-state index >= 15 is 0 Å². The van der Waals surface area contributed by atoms with Crippen molar-refractivity contribution < 1.29 is 0 Å². The maximum atomic E-state index is 3.52. The Morgan fingerprint density at radius 2 is 1.80 bits per heavy atom. The predicted octanol–water partition coefficient (Wildman–Crippen LogP) is 2.74. The fraction of sp³-hybridized carbons (Fsp3) is 1.00. The van der Waals surface area contributed by atoms with Crippen LogP contribution in [0.1, 0.15) is 48.0 Å². The summed E-state index contributed by atoms with van der Waals surface area (Å²) in [5.41, 5.74) is 0.370. The number of nitrogens with one attached hydrogen (secondary N) is 1. The summed E-state index contributed by atoms with van der Waals surface area (Å²) in [6, 6.07) is 0.653. The highest BCUT2D eigenvalue weighted by atomic mass is 15.1. The molecule has 0 rings (SSSR count). The van der Waals surface area contributed by atoms with Gasteiger partial charge in [-0.2, -0.15) is 0 Å². The van der Waals surface area contributed by atoms with Crippen molar-refractivity contribution >= 4 is 0 Å². The summed E-state index contributed by atoms with van der Waals surface area (Å²) >= 11 is 0. The van der Waals surface area contributed by atoms with E-state index in [1.807, 2.05) is 0 Å². The van der Waals surface area contributed by atoms with Crippen LogP contribution in [0.3, 0.4) is 0 Å². The quantitative estimate of drug-likeness (QED) is 0.625. The Morgan fingerprint density at radius 1 is 1.20 bits per heavy atom. The number of hydrogen-bond donors (Lipinski definition) is 1. The molecule has 0 unspecified atom stereocenters. The molecular weight excluding hydrogens is 184 g/mol. The predicted molar refractivity (Wildman–Crippen MR) is 69.3 cm³/mol. The second-order valence-corrected chi connectivity index (χ2v) is 5.50. The van der Waals surface area contributed by atoms with Crippen molar-refractivity contribution in [3.63, 3.8) is 0 Å². The van der Waals surface area contributed by atoms with Crippen molar-refractivity contribution in [3.8, 4) is 0 Å². The Labute approximate surface area is 96.4 Å². The van der Waals surface area contributed by atoms with Gasteiger partial charge in [-0.15, -0.1) is 0 Å². The molecule has 0 saturated carbocycles. The molecule has 1 N–H and O–H groups in total. The van der Waals surface area contributed by atoms with Crippen LogP contribution < -0.4 is 5.32 Å². The maximum absolute atomic E-state index is 3.52. The number of hydrogen-bond acceptors (Lipinski definition) is 2. The second-order valence-electron chi connectivity index (χ2n) is 5.50. The van der Waals surface area contributed by atoms with Crippen molar-refractivity contribution in [3.05, 3.63) is 0 Å². The van der Waals surface area contributed by atoms with Crippen molar-refractivity contribution in [2.75, 3.05) is 26.2 Å². The second kappa shape index (κ2) is 7.24. The fourth-order valence-electron chi connectivity index (χ4n) is 1.87. The third-order valence-electron chi connectivity index (χ3n) is 2.80. The summed E-state index contributed by atoms with van der Waals surface area (Å²) in [5.74, 6) is 0. The molecule has 2 nitrogen and oxygen atoms in total. The zero-order valence-corrected chi connectivity index (χ0v) is 11.6. The average Bonchev–Trinajstić information content (AvgIpc) is 2.14. The van der Waals surface area contributed by atoms with E-state index in [9.17, 15) is 0 Å². The lowest BCUT2D eigenvalue weighted by Crippen LogP contribution is -2.43. The third kappa shape index (κ3) is 6.91. The SMILES string of the molecule is CCCNCC(C)(C)CN(CC)C(C)C. The molecule has 0 aromatic carbocycles. The van der Waals surface area contributed by atoms with Crippen LogP contribution in [0.4, 0.5) is 0 Å². The minimum atomic E-state index is 0.370. The van der Waals surface area contributed by atoms with Crippen molar-refractivity contribution in [1.82, 2.24) is 10.2 Å². The van der Waals surface area contributed by atoms with Gasteiger partial charge in [-0.3, -0.25) is 0 Å². The van der Waals surface area contributed by atoms with Crippen LogP contribution in [0.25, 0.3) is 0 Å². The van der Waals surface area contributed by atoms with Crippen LogP contribution in [0.2, 0.25) is 0 Å². The third-order valence-corrected chi connectivity index (χ3v) is 2.80. The molecule has 0 aliphatic heterocycles. The van der Waals surface area contributed by atoms with Gasteiger partial charge in [0, 0.05) is 19.1 Å². The van der Waals surface area contributed by atoms with E-state index in [0.717, 1.165) is 19.6 Å². The minimum absolute atomic E-state index is 0.370. The number of nitrogens with zero attached hydrogens (tertiary/aromatic N) is 1. The first kappa shape index (κ1) is 14.9. The van der Waals surface area contributed by atoms with Crippen LogP contribution >= 0.6 is 0 Å². The van der Waals surface area contributed by atoms with Gasteiger partial charge in [0.25, 0.3) is 0 Å². The van der Waals surface area contributed by atoms with E-state index in [2.05, 4.69) is 51.8 Å². The first-order valence-corrected chi connectivity index (χ1v) is 6.37. The van der Waals surface area contributed by atoms with Crippen LogP contribution in [0.15, 0.2) is 0 Å². The van der Waals surface area contributed by atoms with E-state index in [1.165, 1.54) is 13.0 Å². The molecule has 0 aromatic heterocycles. The molecule has 0 atom stereocenters. The molecule has 2 heteroatoms. The van der Waals surface area contributed by atoms with Crippen LogP contribution in [-0.4, -0.2) is 37.1 Å². The molecule has 0 aliphatic carbocycles. The Hall–Kier alpha value is -0.0800. The zero-order chi connectivity index (χ0) is 11.9. The Morgan fingerprint density at radius 3 is 2.20 bits per heavy atom. The molecule has 0 aromatic rings. The van der Waals surface area contributed by atoms with Gasteiger partial charge in [0.2, 0.25) is 0 Å². The molecule has 0 spiro atoms. The molecule has 0 radical (unpaired) electrons. The van der Waals surface area contributed by atoms with Gasteiger partial charge in [-0.1, -0.05) is 27.7 Å². The standard InChI is InChI=1S/C13H30N2/c1-7-9-14-10-13(5,6)11-15(8-2)12(3)4/h12,14H,7-11H2,1-6H3. The van der Waals surface area contributed by atoms with Gasteiger partial charge in [0.05, 0.1) is 0 Å². The normalized spacial score (nSPS) is 12.8. The van der Waals surface area contributed by atoms with E-state index in [0.29, 0.717) is 11.5 Å². The average molecular weight is 214 g/mol. The lowest BCUT2D eigenvalue weighted by atomic mass is 9.92. The summed E-state index contributed by atoms with van der Waals surface area (Å²) in [6.45, 7) is 18.3. The lowest BCUT2D eigenvalue weighted by molar-refractivity contribution is 0.149. The molecule has 0 heterocycles. The van der Waals surface area contributed by atoms with Crippen LogP contribution in [0, 0.1) is 5.41 Å². The Balaban J connectivity index is 3.98. The van der Waals surface area contributed by atoms with Gasteiger partial charge in [-0.05, 0) is 38.8 Å². The largest absolute Gasteiger partial charge is 0.316 e. The van der Waals surface area contributed by atoms with Crippen LogP contribution in [-0.2, 0) is 0 Å². The van der Waals surface area contributed by atoms with Crippen molar-refractivity contribution in [1.29, 1.82) is 0 Å². The first-order chi connectivity index (χ1) is 6.93. The Kier molecular flexibility index (Phi) is 7.20. The highest BCUT2D eigenvalue weighted by molar-refractivity contribution is 4.77. The zero-order valence-electron chi connectivity index (χ0n) is 11.6. The minimum Gasteiger partial charge on any atom is -0.316 e. The molecule has 0 saturated heterocycles. The molecule has 0 aliphatic rings. The topological polar surface area (TPSA) is 15.3 Å². The van der Waals surface area contributed by atoms with E-state index in [4.69, 9.17) is 0 Å². The summed E-state index contributed by atoms with van der Waals surface area (Å²) in [7, 11) is 0. The highest BCUT2D eigenvalue weighted by Gasteiger charge is 2.21. The summed E-state index contributed by atoms with van der Waals surface area (Å²) < 4.78 is 0. The van der Waals surface area contributed by atoms with Crippen molar-refractivity contribution in [2.24, 2.45) is 5.41 Å². The van der Waals surface area contributed by atoms with Gasteiger partial charge < -0.3 is 10.2 Å². The lowest BCUT2D eigenvalue weighted by Gasteiger charge is -2.34. The summed E-state index contributed by atoms with van der Waals surface area (Å²) in [5, 5.41) is 3.52. The van der Waals surface area contributed by atoms with Gasteiger partial charge in [-0.25, -0.2) is 0 Å². The molecule has 0 bridgehead atoms. The van der Waals surface area contributed by atoms with Crippen molar-refractivity contribution in [2.45, 2.75) is 54.0 Å². The maximum Gasteiger partial charge on any atom is 0.00474 e. The monoisotopic (exact) mass is 214 g/mol.